The van der Waals surface area contributed by atoms with Crippen molar-refractivity contribution in [2.75, 3.05) is 13.2 Å². The maximum absolute atomic E-state index is 6.10. The number of hydrogen-bond donors (Lipinski definition) is 1. The molecule has 0 spiro atoms. The van der Waals surface area contributed by atoms with Crippen LogP contribution in [-0.4, -0.2) is 40.6 Å². The molecular formula is C16H27N3O3. The van der Waals surface area contributed by atoms with E-state index in [1.807, 2.05) is 0 Å². The van der Waals surface area contributed by atoms with Crippen LogP contribution in [0.25, 0.3) is 0 Å². The van der Waals surface area contributed by atoms with Crippen LogP contribution in [0.4, 0.5) is 0 Å². The molecule has 6 heteroatoms. The van der Waals surface area contributed by atoms with E-state index in [9.17, 15) is 0 Å². The number of aromatic nitrogens is 2. The number of ether oxygens (including phenoxy) is 2. The number of hydrogen-bond acceptors (Lipinski definition) is 6. The van der Waals surface area contributed by atoms with E-state index in [4.69, 9.17) is 14.0 Å². The molecule has 3 rings (SSSR count). The van der Waals surface area contributed by atoms with Gasteiger partial charge in [0.15, 0.2) is 5.82 Å². The summed E-state index contributed by atoms with van der Waals surface area (Å²) >= 11 is 0. The maximum Gasteiger partial charge on any atom is 0.229 e. The first-order valence-corrected chi connectivity index (χ1v) is 8.19. The lowest BCUT2D eigenvalue weighted by Crippen LogP contribution is -2.43. The van der Waals surface area contributed by atoms with E-state index in [0.717, 1.165) is 44.2 Å². The van der Waals surface area contributed by atoms with Crippen molar-refractivity contribution in [1.82, 2.24) is 15.5 Å². The summed E-state index contributed by atoms with van der Waals surface area (Å²) in [5.41, 5.74) is -0.275. The van der Waals surface area contributed by atoms with Crippen LogP contribution in [0.5, 0.6) is 0 Å². The highest BCUT2D eigenvalue weighted by Gasteiger charge is 2.45. The summed E-state index contributed by atoms with van der Waals surface area (Å²) in [5, 5.41) is 7.63. The molecule has 1 atom stereocenters. The van der Waals surface area contributed by atoms with Gasteiger partial charge in [0.05, 0.1) is 17.7 Å². The zero-order valence-corrected chi connectivity index (χ0v) is 14.0. The molecular weight excluding hydrogens is 282 g/mol. The molecule has 0 saturated carbocycles. The fraction of sp³-hybridized carbons (Fsp3) is 0.875. The quantitative estimate of drug-likeness (QED) is 0.921. The number of nitrogens with zero attached hydrogens (tertiary/aromatic N) is 2. The third-order valence-electron chi connectivity index (χ3n) is 4.64. The van der Waals surface area contributed by atoms with E-state index >= 15 is 0 Å². The second-order valence-corrected chi connectivity index (χ2v) is 7.54. The van der Waals surface area contributed by atoms with Gasteiger partial charge in [-0.05, 0) is 47.0 Å². The second-order valence-electron chi connectivity index (χ2n) is 7.54. The fourth-order valence-electron chi connectivity index (χ4n) is 3.54. The molecule has 0 amide bonds. The molecule has 124 valence electrons. The van der Waals surface area contributed by atoms with Crippen molar-refractivity contribution in [1.29, 1.82) is 0 Å². The van der Waals surface area contributed by atoms with Crippen molar-refractivity contribution < 1.29 is 14.0 Å². The zero-order valence-electron chi connectivity index (χ0n) is 14.0. The van der Waals surface area contributed by atoms with Gasteiger partial charge in [0.2, 0.25) is 5.89 Å². The molecule has 0 aliphatic carbocycles. The predicted molar refractivity (Wildman–Crippen MR) is 81.6 cm³/mol. The lowest BCUT2D eigenvalue weighted by Gasteiger charge is -2.27. The molecule has 0 unspecified atom stereocenters. The van der Waals surface area contributed by atoms with Crippen LogP contribution in [0.3, 0.4) is 0 Å². The summed E-state index contributed by atoms with van der Waals surface area (Å²) in [4.78, 5) is 4.54. The maximum atomic E-state index is 6.10. The standard InChI is InChI=1S/C16H27N3O3/c1-15(2)9-12(16(3,4)22-15)17-10-13-18-14(21-19-13)11-5-7-20-8-6-11/h11-12,17H,5-10H2,1-4H3/t12-/m0/s1. The van der Waals surface area contributed by atoms with Crippen LogP contribution in [-0.2, 0) is 16.0 Å². The second kappa shape index (κ2) is 5.91. The summed E-state index contributed by atoms with van der Waals surface area (Å²) in [6.45, 7) is 10.7. The van der Waals surface area contributed by atoms with Crippen LogP contribution in [0, 0.1) is 0 Å². The van der Waals surface area contributed by atoms with Crippen molar-refractivity contribution in [2.45, 2.75) is 76.7 Å². The normalized spacial score (nSPS) is 28.1. The number of nitrogens with one attached hydrogen (secondary N) is 1. The predicted octanol–water partition coefficient (Wildman–Crippen LogP) is 2.40. The lowest BCUT2D eigenvalue weighted by molar-refractivity contribution is -0.0699. The number of rotatable bonds is 4. The molecule has 1 aromatic heterocycles. The third-order valence-corrected chi connectivity index (χ3v) is 4.64. The molecule has 1 aromatic rings. The summed E-state index contributed by atoms with van der Waals surface area (Å²) in [7, 11) is 0. The first kappa shape index (κ1) is 15.9. The Morgan fingerprint density at radius 2 is 1.91 bits per heavy atom. The largest absolute Gasteiger partial charge is 0.381 e. The summed E-state index contributed by atoms with van der Waals surface area (Å²) in [6.07, 6.45) is 2.91. The molecule has 2 saturated heterocycles. The third kappa shape index (κ3) is 3.50. The molecule has 2 fully saturated rings. The summed E-state index contributed by atoms with van der Waals surface area (Å²) in [6, 6.07) is 0.285. The highest BCUT2D eigenvalue weighted by atomic mass is 16.5. The van der Waals surface area contributed by atoms with Crippen LogP contribution < -0.4 is 5.32 Å². The highest BCUT2D eigenvalue weighted by Crippen LogP contribution is 2.37. The van der Waals surface area contributed by atoms with Gasteiger partial charge in [-0.2, -0.15) is 4.98 Å². The van der Waals surface area contributed by atoms with Gasteiger partial charge < -0.3 is 19.3 Å². The zero-order chi connectivity index (χ0) is 15.8. The van der Waals surface area contributed by atoms with E-state index < -0.39 is 0 Å². The monoisotopic (exact) mass is 309 g/mol. The van der Waals surface area contributed by atoms with Crippen LogP contribution in [0.1, 0.15) is 64.6 Å². The Hall–Kier alpha value is -0.980. The smallest absolute Gasteiger partial charge is 0.229 e. The summed E-state index contributed by atoms with van der Waals surface area (Å²) < 4.78 is 16.9. The van der Waals surface area contributed by atoms with Crippen LogP contribution >= 0.6 is 0 Å². The van der Waals surface area contributed by atoms with E-state index in [2.05, 4.69) is 43.2 Å². The molecule has 2 aliphatic rings. The van der Waals surface area contributed by atoms with Crippen molar-refractivity contribution in [3.8, 4) is 0 Å². The Balaban J connectivity index is 1.57. The SMILES string of the molecule is CC1(C)C[C@H](NCc2noc(C3CCOCC3)n2)C(C)(C)O1. The Morgan fingerprint density at radius 3 is 2.55 bits per heavy atom. The van der Waals surface area contributed by atoms with Gasteiger partial charge >= 0.3 is 0 Å². The topological polar surface area (TPSA) is 69.4 Å². The Kier molecular flexibility index (Phi) is 4.27. The minimum Gasteiger partial charge on any atom is -0.381 e. The average molecular weight is 309 g/mol. The minimum absolute atomic E-state index is 0.0916. The first-order valence-electron chi connectivity index (χ1n) is 8.19. The van der Waals surface area contributed by atoms with Gasteiger partial charge in [0, 0.05) is 25.2 Å². The van der Waals surface area contributed by atoms with Crippen molar-refractivity contribution in [3.63, 3.8) is 0 Å². The molecule has 0 bridgehead atoms. The van der Waals surface area contributed by atoms with Gasteiger partial charge in [-0.3, -0.25) is 0 Å². The fourth-order valence-corrected chi connectivity index (χ4v) is 3.54. The average Bonchev–Trinajstić information content (AvgIpc) is 2.99. The molecule has 1 N–H and O–H groups in total. The van der Waals surface area contributed by atoms with Crippen molar-refractivity contribution >= 4 is 0 Å². The van der Waals surface area contributed by atoms with Crippen molar-refractivity contribution in [2.24, 2.45) is 0 Å². The molecule has 22 heavy (non-hydrogen) atoms. The Morgan fingerprint density at radius 1 is 1.18 bits per heavy atom. The summed E-state index contributed by atoms with van der Waals surface area (Å²) in [5.74, 6) is 1.82. The molecule has 6 nitrogen and oxygen atoms in total. The Bertz CT molecular complexity index is 506. The van der Waals surface area contributed by atoms with E-state index in [1.165, 1.54) is 0 Å². The van der Waals surface area contributed by atoms with E-state index in [-0.39, 0.29) is 17.2 Å². The molecule has 3 heterocycles. The molecule has 2 aliphatic heterocycles. The van der Waals surface area contributed by atoms with Gasteiger partial charge in [0.25, 0.3) is 0 Å². The molecule has 0 aromatic carbocycles. The minimum atomic E-state index is -0.184. The lowest BCUT2D eigenvalue weighted by atomic mass is 9.94. The highest BCUT2D eigenvalue weighted by molar-refractivity contribution is 5.00. The van der Waals surface area contributed by atoms with Gasteiger partial charge in [-0.25, -0.2) is 0 Å². The van der Waals surface area contributed by atoms with Crippen molar-refractivity contribution in [3.05, 3.63) is 11.7 Å². The first-order chi connectivity index (χ1) is 10.4. The van der Waals surface area contributed by atoms with Crippen LogP contribution in [0.2, 0.25) is 0 Å². The van der Waals surface area contributed by atoms with E-state index in [0.29, 0.717) is 12.5 Å². The van der Waals surface area contributed by atoms with E-state index in [1.54, 1.807) is 0 Å². The van der Waals surface area contributed by atoms with Gasteiger partial charge in [0.1, 0.15) is 0 Å². The van der Waals surface area contributed by atoms with Gasteiger partial charge in [-0.15, -0.1) is 0 Å². The van der Waals surface area contributed by atoms with Crippen LogP contribution in [0.15, 0.2) is 4.52 Å². The Labute approximate surface area is 131 Å². The van der Waals surface area contributed by atoms with Gasteiger partial charge in [-0.1, -0.05) is 5.16 Å². The molecule has 0 radical (unpaired) electrons.